The molecule has 0 bridgehead atoms. The lowest BCUT2D eigenvalue weighted by atomic mass is 10.2. The molecule has 1 amide bonds. The predicted octanol–water partition coefficient (Wildman–Crippen LogP) is -2.58. The molecule has 51 heavy (non-hydrogen) atoms. The van der Waals surface area contributed by atoms with E-state index in [0.717, 1.165) is 47.9 Å². The van der Waals surface area contributed by atoms with Crippen LogP contribution in [0.2, 0.25) is 0 Å². The predicted molar refractivity (Wildman–Crippen MR) is 187 cm³/mol. The molecule has 4 heterocycles. The van der Waals surface area contributed by atoms with Crippen molar-refractivity contribution in [3.05, 3.63) is 0 Å². The van der Waals surface area contributed by atoms with Gasteiger partial charge in [-0.25, -0.2) is 0 Å². The summed E-state index contributed by atoms with van der Waals surface area (Å²) in [5.41, 5.74) is 0. The van der Waals surface area contributed by atoms with Gasteiger partial charge in [-0.05, 0) is 32.6 Å². The van der Waals surface area contributed by atoms with Gasteiger partial charge in [0.05, 0.1) is 80.2 Å². The van der Waals surface area contributed by atoms with Crippen LogP contribution in [0.1, 0.15) is 104 Å². The number of hydrogen-bond donors (Lipinski definition) is 2. The van der Waals surface area contributed by atoms with Crippen molar-refractivity contribution in [2.24, 2.45) is 0 Å². The van der Waals surface area contributed by atoms with Gasteiger partial charge in [-0.15, -0.1) is 0 Å². The van der Waals surface area contributed by atoms with Gasteiger partial charge < -0.3 is 50.4 Å². The van der Waals surface area contributed by atoms with Crippen LogP contribution in [0.5, 0.6) is 0 Å². The third kappa shape index (κ3) is 33.4. The Morgan fingerprint density at radius 3 is 1.27 bits per heavy atom. The summed E-state index contributed by atoms with van der Waals surface area (Å²) in [6.45, 7) is 19.5. The molecule has 0 aromatic heterocycles. The minimum Gasteiger partial charge on any atom is -1.00 e. The lowest BCUT2D eigenvalue weighted by molar-refractivity contribution is -0.897. The second-order valence-corrected chi connectivity index (χ2v) is 14.4. The Balaban J connectivity index is -0.000000170. The van der Waals surface area contributed by atoms with E-state index in [0.29, 0.717) is 25.2 Å². The van der Waals surface area contributed by atoms with Crippen LogP contribution in [0.25, 0.3) is 0 Å². The van der Waals surface area contributed by atoms with E-state index in [1.54, 1.807) is 0 Å². The number of aliphatic hydroxyl groups excluding tert-OH is 2. The molecular weight excluding hydrogens is 709 g/mol. The molecule has 18 heteroatoms. The molecule has 0 aromatic carbocycles. The van der Waals surface area contributed by atoms with Gasteiger partial charge in [-0.2, -0.15) is 0 Å². The van der Waals surface area contributed by atoms with E-state index < -0.39 is 15.1 Å². The van der Waals surface area contributed by atoms with Crippen LogP contribution >= 0.6 is 0 Å². The molecule has 2 N–H and O–H groups in total. The van der Waals surface area contributed by atoms with Crippen LogP contribution < -0.4 is 21.8 Å². The highest BCUT2D eigenvalue weighted by molar-refractivity contribution is 6.33. The van der Waals surface area contributed by atoms with Crippen LogP contribution in [0, 0.1) is 0 Å². The molecular formula is C33H71B2ClF8N4O3. The zero-order valence-corrected chi connectivity index (χ0v) is 33.2. The van der Waals surface area contributed by atoms with Gasteiger partial charge >= 0.3 is 15.1 Å². The molecule has 1 atom stereocenters. The fraction of sp³-hybridized carbons (Fsp3) is 0.970. The molecule has 4 rings (SSSR count). The van der Waals surface area contributed by atoms with E-state index in [9.17, 15) is 30.7 Å². The summed E-state index contributed by atoms with van der Waals surface area (Å²) in [6, 6.07) is 0.440. The van der Waals surface area contributed by atoms with Crippen molar-refractivity contribution >= 4 is 21.0 Å². The third-order valence-electron chi connectivity index (χ3n) is 10.0. The number of halogens is 9. The van der Waals surface area contributed by atoms with Crippen molar-refractivity contribution < 1.29 is 76.2 Å². The van der Waals surface area contributed by atoms with Gasteiger partial charge in [0.25, 0.3) is 0 Å². The molecule has 0 aliphatic carbocycles. The minimum absolute atomic E-state index is 0. The largest absolute Gasteiger partial charge is 1.00 e. The standard InChI is InChI=1S/C10H19NO.C9H20N.2C7H16NO.2BF3.ClH.2FH/c1-3-9(2)11-8-6-4-5-7-10(11)12;1-3-4-7-10(2)8-5-6-9-10;2*1-8(6-7-9)4-2-3-5-8;2*2-1(3)4;;;/h9H,3-8H2,1-2H3;3-9H2,1-2H3;2*9H,2-7H2,1H3;;;3*1H/q;3*+1;;;;;/p-3. The number of likely N-dealkylation sites (tertiary alicyclic amines) is 4. The molecule has 4 aliphatic heterocycles. The van der Waals surface area contributed by atoms with Crippen LogP contribution in [0.3, 0.4) is 0 Å². The Bertz CT molecular complexity index is 740. The number of amides is 1. The van der Waals surface area contributed by atoms with Crippen molar-refractivity contribution in [1.82, 2.24) is 4.90 Å². The van der Waals surface area contributed by atoms with Crippen molar-refractivity contribution in [2.75, 3.05) is 99.8 Å². The fourth-order valence-corrected chi connectivity index (χ4v) is 6.68. The smallest absolute Gasteiger partial charge is 0.762 e. The minimum atomic E-state index is -3.67. The molecule has 0 saturated carbocycles. The number of likely N-dealkylation sites (N-methyl/N-ethyl adjacent to an activating group) is 2. The maximum Gasteiger partial charge on any atom is 0.762 e. The summed E-state index contributed by atoms with van der Waals surface area (Å²) in [4.78, 5) is 13.6. The number of rotatable bonds is 9. The summed E-state index contributed by atoms with van der Waals surface area (Å²) in [5.74, 6) is 0.363. The maximum absolute atomic E-state index is 11.5. The van der Waals surface area contributed by atoms with Gasteiger partial charge in [0.15, 0.2) is 0 Å². The highest BCUT2D eigenvalue weighted by Crippen LogP contribution is 2.18. The number of aliphatic hydroxyl groups is 2. The Kier molecular flexibility index (Phi) is 40.6. The molecule has 7 nitrogen and oxygen atoms in total. The number of nitrogens with zero attached hydrogens (tertiary/aromatic N) is 4. The SMILES string of the molecule is CCC(C)N1CCCCCC1=O.CCCC[N+]1(C)CCCC1.C[N+]1(CCO)CCCC1.C[N+]1(CCO)CCCC1.FB(F)F.FB(F)F.[Cl-].[F-].[F-]. The van der Waals surface area contributed by atoms with Crippen molar-refractivity contribution in [3.63, 3.8) is 0 Å². The number of carbonyl (C=O) groups is 1. The first-order chi connectivity index (χ1) is 22.5. The number of unbranched alkanes of at least 4 members (excludes halogenated alkanes) is 1. The lowest BCUT2D eigenvalue weighted by Gasteiger charge is -2.28. The van der Waals surface area contributed by atoms with Crippen LogP contribution in [-0.4, -0.2) is 155 Å². The second-order valence-electron chi connectivity index (χ2n) is 14.4. The molecule has 0 aromatic rings. The molecule has 1 unspecified atom stereocenters. The summed E-state index contributed by atoms with van der Waals surface area (Å²) in [5, 5.41) is 17.4. The zero-order valence-electron chi connectivity index (χ0n) is 32.4. The Hall–Kier alpha value is -0.870. The highest BCUT2D eigenvalue weighted by atomic mass is 35.5. The van der Waals surface area contributed by atoms with Crippen LogP contribution in [-0.2, 0) is 4.79 Å². The normalized spacial score (nSPS) is 19.6. The van der Waals surface area contributed by atoms with Crippen LogP contribution in [0.15, 0.2) is 0 Å². The summed E-state index contributed by atoms with van der Waals surface area (Å²) >= 11 is 0. The van der Waals surface area contributed by atoms with E-state index in [4.69, 9.17) is 10.2 Å². The number of carbonyl (C=O) groups excluding carboxylic acids is 1. The monoisotopic (exact) mass is 781 g/mol. The molecule has 4 saturated heterocycles. The number of hydrogen-bond acceptors (Lipinski definition) is 3. The van der Waals surface area contributed by atoms with Crippen LogP contribution in [0.4, 0.5) is 25.9 Å². The van der Waals surface area contributed by atoms with E-state index >= 15 is 0 Å². The van der Waals surface area contributed by atoms with Gasteiger partial charge in [0, 0.05) is 57.5 Å². The molecule has 0 spiro atoms. The Labute approximate surface area is 311 Å². The summed E-state index contributed by atoms with van der Waals surface area (Å²) in [6.07, 6.45) is 16.4. The lowest BCUT2D eigenvalue weighted by Crippen LogP contribution is -3.00. The van der Waals surface area contributed by atoms with Crippen molar-refractivity contribution in [3.8, 4) is 0 Å². The molecule has 0 radical (unpaired) electrons. The van der Waals surface area contributed by atoms with E-state index in [-0.39, 0.29) is 21.8 Å². The van der Waals surface area contributed by atoms with E-state index in [1.165, 1.54) is 115 Å². The Morgan fingerprint density at radius 2 is 0.980 bits per heavy atom. The second kappa shape index (κ2) is 34.9. The fourth-order valence-electron chi connectivity index (χ4n) is 6.68. The average Bonchev–Trinajstić information content (AvgIpc) is 3.72. The van der Waals surface area contributed by atoms with Crippen molar-refractivity contribution in [1.29, 1.82) is 0 Å². The van der Waals surface area contributed by atoms with E-state index in [2.05, 4.69) is 41.9 Å². The van der Waals surface area contributed by atoms with Gasteiger partial charge in [0.1, 0.15) is 13.1 Å². The zero-order chi connectivity index (χ0) is 37.1. The molecule has 4 fully saturated rings. The maximum atomic E-state index is 11.5. The van der Waals surface area contributed by atoms with Gasteiger partial charge in [-0.1, -0.05) is 26.7 Å². The highest BCUT2D eigenvalue weighted by Gasteiger charge is 2.27. The Morgan fingerprint density at radius 1 is 0.647 bits per heavy atom. The van der Waals surface area contributed by atoms with Gasteiger partial charge in [-0.3, -0.25) is 30.7 Å². The van der Waals surface area contributed by atoms with Gasteiger partial charge in [0.2, 0.25) is 5.91 Å². The number of quaternary nitrogens is 3. The van der Waals surface area contributed by atoms with Crippen molar-refractivity contribution in [2.45, 2.75) is 110 Å². The molecule has 310 valence electrons. The first-order valence-corrected chi connectivity index (χ1v) is 18.4. The average molecular weight is 781 g/mol. The first-order valence-electron chi connectivity index (χ1n) is 18.4. The molecule has 4 aliphatic rings. The summed E-state index contributed by atoms with van der Waals surface area (Å²) < 4.78 is 61.5. The summed E-state index contributed by atoms with van der Waals surface area (Å²) in [7, 11) is -0.477. The quantitative estimate of drug-likeness (QED) is 0.154. The first kappa shape index (κ1) is 59.4. The third-order valence-corrected chi connectivity index (χ3v) is 10.0. The topological polar surface area (TPSA) is 60.8 Å². The van der Waals surface area contributed by atoms with E-state index in [1.807, 2.05) is 4.90 Å².